The Morgan fingerprint density at radius 1 is 1.00 bits per heavy atom. The second-order valence-electron chi connectivity index (χ2n) is 7.68. The lowest BCUT2D eigenvalue weighted by Gasteiger charge is -2.25. The van der Waals surface area contributed by atoms with Crippen LogP contribution in [0.5, 0.6) is 5.75 Å². The number of halogens is 4. The van der Waals surface area contributed by atoms with E-state index in [1.807, 2.05) is 0 Å². The van der Waals surface area contributed by atoms with E-state index in [2.05, 4.69) is 23.5 Å². The predicted octanol–water partition coefficient (Wildman–Crippen LogP) is 7.44. The molecule has 5 heteroatoms. The number of hydrogen-bond acceptors (Lipinski definition) is 1. The molecule has 1 fully saturated rings. The van der Waals surface area contributed by atoms with Gasteiger partial charge in [0.2, 0.25) is 0 Å². The minimum atomic E-state index is -4.48. The van der Waals surface area contributed by atoms with Crippen molar-refractivity contribution in [3.05, 3.63) is 29.8 Å². The lowest BCUT2D eigenvalue weighted by Crippen LogP contribution is -2.33. The fraction of sp³-hybridized carbons (Fsp3) is 0.652. The number of alkyl halides is 4. The maximum absolute atomic E-state index is 12.9. The molecule has 2 rings (SSSR count). The molecular weight excluding hydrogens is 368 g/mol. The third-order valence-corrected chi connectivity index (χ3v) is 5.35. The minimum absolute atomic E-state index is 0.296. The molecule has 156 valence electrons. The highest BCUT2D eigenvalue weighted by Crippen LogP contribution is 2.32. The lowest BCUT2D eigenvalue weighted by molar-refractivity contribution is -0.253. The van der Waals surface area contributed by atoms with E-state index in [0.29, 0.717) is 11.5 Å². The molecule has 1 aliphatic rings. The molecule has 0 aromatic heterocycles. The molecule has 0 aliphatic heterocycles. The predicted molar refractivity (Wildman–Crippen MR) is 104 cm³/mol. The summed E-state index contributed by atoms with van der Waals surface area (Å²) >= 11 is 0. The first-order chi connectivity index (χ1) is 13.4. The summed E-state index contributed by atoms with van der Waals surface area (Å²) in [6.45, 7) is 2.23. The van der Waals surface area contributed by atoms with Gasteiger partial charge in [0.15, 0.2) is 0 Å². The van der Waals surface area contributed by atoms with Gasteiger partial charge in [0.05, 0.1) is 0 Å². The minimum Gasteiger partial charge on any atom is -0.428 e. The Morgan fingerprint density at radius 3 is 2.25 bits per heavy atom. The van der Waals surface area contributed by atoms with Gasteiger partial charge in [-0.15, -0.1) is 0 Å². The van der Waals surface area contributed by atoms with Crippen LogP contribution in [0.15, 0.2) is 24.3 Å². The Bertz CT molecular complexity index is 622. The molecule has 0 atom stereocenters. The maximum Gasteiger partial charge on any atom is 0.461 e. The highest BCUT2D eigenvalue weighted by atomic mass is 19.3. The summed E-state index contributed by atoms with van der Waals surface area (Å²) in [5.74, 6) is 7.24. The zero-order chi connectivity index (χ0) is 20.4. The highest BCUT2D eigenvalue weighted by Gasteiger charge is 2.43. The summed E-state index contributed by atoms with van der Waals surface area (Å²) in [5, 5.41) is 0. The standard InChI is InChI=1S/C23H30F4O/c1-2-3-4-5-6-7-18-8-10-19(11-9-18)12-13-20-14-16-21(17-15-20)28-23(26,27)22(24)25/h14-19,22H,2-11H2,1H3/t18-,19-. The van der Waals surface area contributed by atoms with Gasteiger partial charge in [-0.1, -0.05) is 57.3 Å². The van der Waals surface area contributed by atoms with Crippen molar-refractivity contribution < 1.29 is 22.3 Å². The molecule has 0 amide bonds. The number of rotatable bonds is 9. The van der Waals surface area contributed by atoms with Crippen molar-refractivity contribution >= 4 is 0 Å². The van der Waals surface area contributed by atoms with E-state index in [-0.39, 0.29) is 5.75 Å². The summed E-state index contributed by atoms with van der Waals surface area (Å²) in [4.78, 5) is 0. The van der Waals surface area contributed by atoms with Crippen LogP contribution in [-0.2, 0) is 0 Å². The Hall–Kier alpha value is -1.70. The fourth-order valence-electron chi connectivity index (χ4n) is 3.63. The summed E-state index contributed by atoms with van der Waals surface area (Å²) in [6, 6.07) is 5.53. The largest absolute Gasteiger partial charge is 0.461 e. The van der Waals surface area contributed by atoms with Gasteiger partial charge in [-0.2, -0.15) is 17.6 Å². The van der Waals surface area contributed by atoms with E-state index in [0.717, 1.165) is 18.8 Å². The molecule has 0 unspecified atom stereocenters. The van der Waals surface area contributed by atoms with Crippen molar-refractivity contribution in [2.45, 2.75) is 83.7 Å². The summed E-state index contributed by atoms with van der Waals surface area (Å²) < 4.78 is 54.1. The van der Waals surface area contributed by atoms with Crippen molar-refractivity contribution in [1.82, 2.24) is 0 Å². The molecule has 1 aliphatic carbocycles. The molecule has 0 heterocycles. The van der Waals surface area contributed by atoms with E-state index < -0.39 is 12.5 Å². The quantitative estimate of drug-likeness (QED) is 0.239. The topological polar surface area (TPSA) is 9.23 Å². The maximum atomic E-state index is 12.9. The molecule has 1 aromatic carbocycles. The van der Waals surface area contributed by atoms with Gasteiger partial charge in [0, 0.05) is 11.5 Å². The van der Waals surface area contributed by atoms with Crippen LogP contribution in [0.1, 0.15) is 76.7 Å². The highest BCUT2D eigenvalue weighted by molar-refractivity contribution is 5.38. The van der Waals surface area contributed by atoms with E-state index in [4.69, 9.17) is 0 Å². The van der Waals surface area contributed by atoms with Crippen LogP contribution in [0, 0.1) is 23.7 Å². The first-order valence-electron chi connectivity index (χ1n) is 10.4. The molecule has 0 radical (unpaired) electrons. The molecule has 0 saturated heterocycles. The van der Waals surface area contributed by atoms with E-state index in [1.54, 1.807) is 0 Å². The average Bonchev–Trinajstić information content (AvgIpc) is 2.68. The average molecular weight is 398 g/mol. The zero-order valence-corrected chi connectivity index (χ0v) is 16.5. The van der Waals surface area contributed by atoms with Crippen LogP contribution < -0.4 is 4.74 Å². The zero-order valence-electron chi connectivity index (χ0n) is 16.5. The van der Waals surface area contributed by atoms with E-state index in [9.17, 15) is 17.6 Å². The van der Waals surface area contributed by atoms with Crippen LogP contribution in [-0.4, -0.2) is 12.5 Å². The fourth-order valence-corrected chi connectivity index (χ4v) is 3.63. The summed E-state index contributed by atoms with van der Waals surface area (Å²) in [6.07, 6.45) is 4.28. The molecule has 1 saturated carbocycles. The Balaban J connectivity index is 1.74. The Labute approximate surface area is 165 Å². The Kier molecular flexibility index (Phi) is 9.15. The van der Waals surface area contributed by atoms with Crippen LogP contribution >= 0.6 is 0 Å². The first kappa shape index (κ1) is 22.6. The first-order valence-corrected chi connectivity index (χ1v) is 10.4. The number of unbranched alkanes of at least 4 members (excludes halogenated alkanes) is 4. The molecule has 1 aromatic rings. The molecule has 0 spiro atoms. The van der Waals surface area contributed by atoms with Gasteiger partial charge in [0.1, 0.15) is 5.75 Å². The van der Waals surface area contributed by atoms with Crippen molar-refractivity contribution in [3.8, 4) is 17.6 Å². The number of ether oxygens (including phenoxy) is 1. The normalized spacial score (nSPS) is 19.9. The lowest BCUT2D eigenvalue weighted by atomic mass is 9.80. The number of benzene rings is 1. The molecule has 0 bridgehead atoms. The smallest absolute Gasteiger partial charge is 0.428 e. The monoisotopic (exact) mass is 398 g/mol. The van der Waals surface area contributed by atoms with Crippen LogP contribution in [0.4, 0.5) is 17.6 Å². The molecule has 0 N–H and O–H groups in total. The summed E-state index contributed by atoms with van der Waals surface area (Å²) in [5.41, 5.74) is 0.672. The van der Waals surface area contributed by atoms with Crippen molar-refractivity contribution in [1.29, 1.82) is 0 Å². The van der Waals surface area contributed by atoms with Gasteiger partial charge in [0.25, 0.3) is 0 Å². The SMILES string of the molecule is CCCCCCC[C@H]1CC[C@H](C#Cc2ccc(OC(F)(F)C(F)F)cc2)CC1. The van der Waals surface area contributed by atoms with Gasteiger partial charge in [-0.05, 0) is 55.9 Å². The Morgan fingerprint density at radius 2 is 1.64 bits per heavy atom. The van der Waals surface area contributed by atoms with Crippen molar-refractivity contribution in [2.75, 3.05) is 0 Å². The van der Waals surface area contributed by atoms with Crippen LogP contribution in [0.3, 0.4) is 0 Å². The van der Waals surface area contributed by atoms with Crippen molar-refractivity contribution in [3.63, 3.8) is 0 Å². The number of hydrogen-bond donors (Lipinski definition) is 0. The third kappa shape index (κ3) is 7.73. The van der Waals surface area contributed by atoms with Gasteiger partial charge >= 0.3 is 12.5 Å². The summed E-state index contributed by atoms with van der Waals surface area (Å²) in [7, 11) is 0. The molecule has 28 heavy (non-hydrogen) atoms. The van der Waals surface area contributed by atoms with E-state index in [1.165, 1.54) is 75.6 Å². The van der Waals surface area contributed by atoms with Crippen molar-refractivity contribution in [2.24, 2.45) is 11.8 Å². The van der Waals surface area contributed by atoms with Gasteiger partial charge < -0.3 is 4.74 Å². The van der Waals surface area contributed by atoms with Gasteiger partial charge in [-0.3, -0.25) is 0 Å². The molecule has 1 nitrogen and oxygen atoms in total. The molecular formula is C23H30F4O. The second kappa shape index (κ2) is 11.3. The second-order valence-corrected chi connectivity index (χ2v) is 7.68. The van der Waals surface area contributed by atoms with E-state index >= 15 is 0 Å². The van der Waals surface area contributed by atoms with Crippen LogP contribution in [0.25, 0.3) is 0 Å². The third-order valence-electron chi connectivity index (χ3n) is 5.35. The van der Waals surface area contributed by atoms with Gasteiger partial charge in [-0.25, -0.2) is 0 Å². The van der Waals surface area contributed by atoms with Crippen LogP contribution in [0.2, 0.25) is 0 Å².